The van der Waals surface area contributed by atoms with Crippen molar-refractivity contribution in [2.45, 2.75) is 72.6 Å². The molecule has 1 aliphatic heterocycles. The smallest absolute Gasteiger partial charge is 0.236 e. The van der Waals surface area contributed by atoms with E-state index in [9.17, 15) is 9.90 Å². The van der Waals surface area contributed by atoms with Crippen LogP contribution in [0.15, 0.2) is 30.3 Å². The Kier molecular flexibility index (Phi) is 9.27. The van der Waals surface area contributed by atoms with E-state index < -0.39 is 0 Å². The largest absolute Gasteiger partial charge is 0.395 e. The molecular formula is C32H46N4O2. The molecule has 6 heteroatoms. The quantitative estimate of drug-likeness (QED) is 0.344. The van der Waals surface area contributed by atoms with Crippen molar-refractivity contribution in [3.63, 3.8) is 0 Å². The van der Waals surface area contributed by atoms with Crippen LogP contribution < -0.4 is 0 Å². The Morgan fingerprint density at radius 1 is 1.13 bits per heavy atom. The van der Waals surface area contributed by atoms with Crippen LogP contribution in [-0.4, -0.2) is 70.1 Å². The number of aliphatic hydroxyl groups excluding tert-OH is 1. The second kappa shape index (κ2) is 12.4. The number of fused-ring (bicyclic) bond motifs is 1. The van der Waals surface area contributed by atoms with Crippen molar-refractivity contribution < 1.29 is 9.90 Å². The van der Waals surface area contributed by atoms with E-state index >= 15 is 0 Å². The molecule has 3 aromatic rings. The number of piperidine rings is 1. The van der Waals surface area contributed by atoms with Crippen molar-refractivity contribution in [1.29, 1.82) is 0 Å². The van der Waals surface area contributed by atoms with E-state index in [4.69, 9.17) is 0 Å². The number of pyridine rings is 1. The van der Waals surface area contributed by atoms with Crippen molar-refractivity contribution in [2.75, 3.05) is 39.3 Å². The van der Waals surface area contributed by atoms with Crippen molar-refractivity contribution >= 4 is 16.8 Å². The highest BCUT2D eigenvalue weighted by atomic mass is 16.3. The van der Waals surface area contributed by atoms with Gasteiger partial charge in [0.15, 0.2) is 0 Å². The Morgan fingerprint density at radius 3 is 2.42 bits per heavy atom. The third-order valence-corrected chi connectivity index (χ3v) is 8.18. The zero-order valence-corrected chi connectivity index (χ0v) is 24.2. The van der Waals surface area contributed by atoms with E-state index in [0.29, 0.717) is 30.8 Å². The van der Waals surface area contributed by atoms with Gasteiger partial charge in [0.25, 0.3) is 0 Å². The molecule has 0 bridgehead atoms. The molecule has 206 valence electrons. The third kappa shape index (κ3) is 6.47. The number of aromatic nitrogens is 2. The van der Waals surface area contributed by atoms with Gasteiger partial charge < -0.3 is 15.0 Å². The molecule has 6 nitrogen and oxygen atoms in total. The summed E-state index contributed by atoms with van der Waals surface area (Å²) >= 11 is 0. The highest BCUT2D eigenvalue weighted by Crippen LogP contribution is 2.38. The molecule has 2 aromatic heterocycles. The topological polar surface area (TPSA) is 72.5 Å². The van der Waals surface area contributed by atoms with Gasteiger partial charge in [0, 0.05) is 40.9 Å². The number of aromatic amines is 1. The van der Waals surface area contributed by atoms with E-state index in [-0.39, 0.29) is 12.5 Å². The van der Waals surface area contributed by atoms with Crippen molar-refractivity contribution in [3.8, 4) is 11.3 Å². The van der Waals surface area contributed by atoms with Gasteiger partial charge in [-0.3, -0.25) is 14.7 Å². The van der Waals surface area contributed by atoms with Crippen LogP contribution in [0, 0.1) is 19.8 Å². The van der Waals surface area contributed by atoms with Gasteiger partial charge in [-0.2, -0.15) is 0 Å². The lowest BCUT2D eigenvalue weighted by molar-refractivity contribution is -0.133. The molecule has 4 rings (SSSR count). The summed E-state index contributed by atoms with van der Waals surface area (Å²) in [5, 5.41) is 10.8. The van der Waals surface area contributed by atoms with Gasteiger partial charge in [-0.15, -0.1) is 0 Å². The number of H-pyrrole nitrogens is 1. The first kappa shape index (κ1) is 28.3. The third-order valence-electron chi connectivity index (χ3n) is 8.18. The molecule has 2 N–H and O–H groups in total. The summed E-state index contributed by atoms with van der Waals surface area (Å²) in [5.74, 6) is 1.49. The predicted molar refractivity (Wildman–Crippen MR) is 157 cm³/mol. The Hall–Kier alpha value is -2.70. The van der Waals surface area contributed by atoms with Gasteiger partial charge in [-0.1, -0.05) is 40.2 Å². The first-order valence-corrected chi connectivity index (χ1v) is 14.4. The maximum atomic E-state index is 13.0. The maximum absolute atomic E-state index is 13.0. The number of hydrogen-bond donors (Lipinski definition) is 2. The molecule has 1 aliphatic rings. The zero-order valence-electron chi connectivity index (χ0n) is 24.2. The summed E-state index contributed by atoms with van der Waals surface area (Å²) in [6.07, 6.45) is 3.15. The van der Waals surface area contributed by atoms with Crippen LogP contribution in [0.5, 0.6) is 0 Å². The molecule has 1 aromatic carbocycles. The van der Waals surface area contributed by atoms with Gasteiger partial charge in [0.1, 0.15) is 0 Å². The van der Waals surface area contributed by atoms with E-state index in [1.54, 1.807) is 0 Å². The first-order chi connectivity index (χ1) is 18.2. The van der Waals surface area contributed by atoms with Gasteiger partial charge in [-0.05, 0) is 92.9 Å². The molecule has 0 radical (unpaired) electrons. The molecule has 1 saturated heterocycles. The van der Waals surface area contributed by atoms with Gasteiger partial charge in [-0.25, -0.2) is 0 Å². The molecule has 1 amide bonds. The second-order valence-electron chi connectivity index (χ2n) is 11.6. The number of nitrogens with one attached hydrogen (secondary N) is 1. The number of rotatable bonds is 10. The molecule has 0 aliphatic carbocycles. The number of aryl methyl sites for hydroxylation is 2. The Balaban J connectivity index is 1.48. The van der Waals surface area contributed by atoms with E-state index in [2.05, 4.69) is 86.7 Å². The summed E-state index contributed by atoms with van der Waals surface area (Å²) in [7, 11) is 0. The maximum Gasteiger partial charge on any atom is 0.236 e. The summed E-state index contributed by atoms with van der Waals surface area (Å²) in [5.41, 5.74) is 8.46. The second-order valence-corrected chi connectivity index (χ2v) is 11.6. The van der Waals surface area contributed by atoms with Crippen molar-refractivity contribution in [1.82, 2.24) is 19.8 Å². The van der Waals surface area contributed by atoms with Crippen LogP contribution in [0.3, 0.4) is 0 Å². The fourth-order valence-electron chi connectivity index (χ4n) is 5.95. The number of aliphatic hydroxyl groups is 1. The minimum absolute atomic E-state index is 0.0202. The summed E-state index contributed by atoms with van der Waals surface area (Å²) in [4.78, 5) is 25.4. The lowest BCUT2D eigenvalue weighted by Crippen LogP contribution is -2.45. The normalized spacial score (nSPS) is 15.9. The number of nitrogens with zero attached hydrogens (tertiary/aromatic N) is 3. The van der Waals surface area contributed by atoms with E-state index in [0.717, 1.165) is 50.3 Å². The van der Waals surface area contributed by atoms with Crippen LogP contribution in [0.25, 0.3) is 22.2 Å². The van der Waals surface area contributed by atoms with Crippen molar-refractivity contribution in [3.05, 3.63) is 52.8 Å². The molecule has 1 atom stereocenters. The van der Waals surface area contributed by atoms with E-state index in [1.165, 1.54) is 33.3 Å². The first-order valence-electron chi connectivity index (χ1n) is 14.4. The fraction of sp³-hybridized carbons (Fsp3) is 0.562. The van der Waals surface area contributed by atoms with E-state index in [1.807, 2.05) is 4.90 Å². The predicted octanol–water partition coefficient (Wildman–Crippen LogP) is 6.02. The minimum Gasteiger partial charge on any atom is -0.395 e. The SMILES string of the molecule is CCC(C)CN(CCO)C(=O)CN1CCC(c2ccc3[nH]c(-c4cc(C)nc(C)c4)c(C(C)C)c3c2)CC1. The summed E-state index contributed by atoms with van der Waals surface area (Å²) < 4.78 is 0. The zero-order chi connectivity index (χ0) is 27.4. The minimum atomic E-state index is 0.0202. The highest BCUT2D eigenvalue weighted by molar-refractivity contribution is 5.92. The number of carbonyl (C=O) groups is 1. The summed E-state index contributed by atoms with van der Waals surface area (Å²) in [6, 6.07) is 11.3. The van der Waals surface area contributed by atoms with Crippen LogP contribution in [0.4, 0.5) is 0 Å². The van der Waals surface area contributed by atoms with Gasteiger partial charge >= 0.3 is 0 Å². The molecule has 0 spiro atoms. The average Bonchev–Trinajstić information content (AvgIpc) is 3.27. The summed E-state index contributed by atoms with van der Waals surface area (Å²) in [6.45, 7) is 16.4. The van der Waals surface area contributed by atoms with Crippen molar-refractivity contribution in [2.24, 2.45) is 5.92 Å². The Bertz CT molecular complexity index is 1220. The molecule has 0 saturated carbocycles. The number of likely N-dealkylation sites (tertiary alicyclic amines) is 1. The fourth-order valence-corrected chi connectivity index (χ4v) is 5.95. The number of amides is 1. The standard InChI is InChI=1S/C32H46N4O2/c1-7-22(4)19-36(14-15-37)30(38)20-35-12-10-25(11-13-35)26-8-9-29-28(18-26)31(21(2)3)32(34-29)27-16-23(5)33-24(6)17-27/h8-9,16-18,21-22,25,34,37H,7,10-15,19-20H2,1-6H3. The highest BCUT2D eigenvalue weighted by Gasteiger charge is 2.25. The van der Waals surface area contributed by atoms with Crippen LogP contribution in [0.1, 0.15) is 81.3 Å². The lowest BCUT2D eigenvalue weighted by Gasteiger charge is -2.34. The Morgan fingerprint density at radius 2 is 1.82 bits per heavy atom. The number of carbonyl (C=O) groups excluding carboxylic acids is 1. The van der Waals surface area contributed by atoms with Crippen LogP contribution >= 0.6 is 0 Å². The average molecular weight is 519 g/mol. The lowest BCUT2D eigenvalue weighted by atomic mass is 9.87. The molecule has 1 fully saturated rings. The molecular weight excluding hydrogens is 472 g/mol. The van der Waals surface area contributed by atoms with Crippen LogP contribution in [-0.2, 0) is 4.79 Å². The molecule has 3 heterocycles. The number of benzene rings is 1. The monoisotopic (exact) mass is 518 g/mol. The van der Waals surface area contributed by atoms with Gasteiger partial charge in [0.05, 0.1) is 18.8 Å². The Labute approximate surface area is 228 Å². The molecule has 1 unspecified atom stereocenters. The molecule has 38 heavy (non-hydrogen) atoms. The van der Waals surface area contributed by atoms with Gasteiger partial charge in [0.2, 0.25) is 5.91 Å². The number of hydrogen-bond acceptors (Lipinski definition) is 4. The van der Waals surface area contributed by atoms with Crippen LogP contribution in [0.2, 0.25) is 0 Å².